The molecule has 0 saturated carbocycles. The first-order chi connectivity index (χ1) is 11.1. The van der Waals surface area contributed by atoms with Crippen molar-refractivity contribution in [3.63, 3.8) is 0 Å². The second-order valence-corrected chi connectivity index (χ2v) is 7.66. The number of amides is 1. The van der Waals surface area contributed by atoms with Crippen LogP contribution in [0.15, 0.2) is 28.2 Å². The second-order valence-electron chi connectivity index (χ2n) is 5.89. The van der Waals surface area contributed by atoms with Crippen molar-refractivity contribution in [1.29, 1.82) is 0 Å². The molecule has 2 N–H and O–H groups in total. The van der Waals surface area contributed by atoms with Gasteiger partial charge in [-0.2, -0.15) is 0 Å². The van der Waals surface area contributed by atoms with Gasteiger partial charge in [0.2, 0.25) is 0 Å². The number of aromatic nitrogens is 2. The number of halogens is 1. The normalized spacial score (nSPS) is 17.2. The number of benzene rings is 1. The van der Waals surface area contributed by atoms with Crippen LogP contribution in [0.3, 0.4) is 0 Å². The van der Waals surface area contributed by atoms with Crippen molar-refractivity contribution >= 4 is 44.1 Å². The highest BCUT2D eigenvalue weighted by molar-refractivity contribution is 9.10. The van der Waals surface area contributed by atoms with Crippen molar-refractivity contribution in [2.75, 3.05) is 0 Å². The Morgan fingerprint density at radius 2 is 2.35 bits per heavy atom. The number of carbonyl (C=O) groups is 1. The summed E-state index contributed by atoms with van der Waals surface area (Å²) in [7, 11) is 0. The van der Waals surface area contributed by atoms with Gasteiger partial charge in [0, 0.05) is 21.1 Å². The van der Waals surface area contributed by atoms with Crippen LogP contribution in [0.5, 0.6) is 0 Å². The zero-order valence-corrected chi connectivity index (χ0v) is 15.1. The number of nitrogens with zero attached hydrogens (tertiary/aromatic N) is 1. The molecule has 0 spiro atoms. The highest BCUT2D eigenvalue weighted by Crippen LogP contribution is 2.36. The molecule has 1 atom stereocenters. The fourth-order valence-electron chi connectivity index (χ4n) is 3.32. The van der Waals surface area contributed by atoms with E-state index in [4.69, 9.17) is 0 Å². The van der Waals surface area contributed by atoms with Gasteiger partial charge in [-0.1, -0.05) is 15.9 Å². The zero-order valence-electron chi connectivity index (χ0n) is 12.6. The minimum Gasteiger partial charge on any atom is -0.356 e. The molecule has 4 rings (SSSR count). The number of carbonyl (C=O) groups excluding carboxylic acids is 1. The topological polar surface area (TPSA) is 57.8 Å². The fourth-order valence-corrected chi connectivity index (χ4v) is 4.39. The fraction of sp³-hybridized carbons (Fsp3) is 0.294. The van der Waals surface area contributed by atoms with E-state index in [1.54, 1.807) is 5.51 Å². The van der Waals surface area contributed by atoms with E-state index in [0.29, 0.717) is 4.88 Å². The number of rotatable bonds is 2. The Balaban J connectivity index is 1.69. The Morgan fingerprint density at radius 3 is 3.13 bits per heavy atom. The molecule has 3 aromatic rings. The van der Waals surface area contributed by atoms with E-state index < -0.39 is 0 Å². The summed E-state index contributed by atoms with van der Waals surface area (Å²) in [4.78, 5) is 20.9. The minimum absolute atomic E-state index is 0.0253. The van der Waals surface area contributed by atoms with Crippen LogP contribution in [0.1, 0.15) is 45.5 Å². The summed E-state index contributed by atoms with van der Waals surface area (Å²) < 4.78 is 1.08. The van der Waals surface area contributed by atoms with Crippen LogP contribution < -0.4 is 5.32 Å². The Kier molecular flexibility index (Phi) is 3.73. The van der Waals surface area contributed by atoms with Gasteiger partial charge in [0.25, 0.3) is 5.91 Å². The lowest BCUT2D eigenvalue weighted by Gasteiger charge is -2.23. The second kappa shape index (κ2) is 5.76. The van der Waals surface area contributed by atoms with Crippen LogP contribution >= 0.6 is 27.3 Å². The molecular weight excluding hydrogens is 374 g/mol. The summed E-state index contributed by atoms with van der Waals surface area (Å²) in [5.41, 5.74) is 6.13. The molecule has 0 saturated heterocycles. The maximum Gasteiger partial charge on any atom is 0.263 e. The summed E-state index contributed by atoms with van der Waals surface area (Å²) in [6, 6.07) is 6.32. The van der Waals surface area contributed by atoms with Crippen molar-refractivity contribution in [2.24, 2.45) is 0 Å². The van der Waals surface area contributed by atoms with Gasteiger partial charge in [0.15, 0.2) is 0 Å². The van der Waals surface area contributed by atoms with Gasteiger partial charge in [0.1, 0.15) is 4.88 Å². The summed E-state index contributed by atoms with van der Waals surface area (Å²) in [6.07, 6.45) is 3.10. The third-order valence-corrected chi connectivity index (χ3v) is 5.85. The first-order valence-corrected chi connectivity index (χ1v) is 9.31. The SMILES string of the molecule is Cc1ncsc1C(=O)NC1CCCc2c1[nH]c1ccc(Br)cc21. The van der Waals surface area contributed by atoms with E-state index in [1.807, 2.05) is 13.0 Å². The third kappa shape index (κ3) is 2.60. The number of nitrogens with one attached hydrogen (secondary N) is 2. The first kappa shape index (κ1) is 14.9. The maximum atomic E-state index is 12.5. The zero-order chi connectivity index (χ0) is 16.0. The maximum absolute atomic E-state index is 12.5. The van der Waals surface area contributed by atoms with E-state index in [-0.39, 0.29) is 11.9 Å². The van der Waals surface area contributed by atoms with Crippen LogP contribution in [0.2, 0.25) is 0 Å². The molecule has 1 aliphatic rings. The van der Waals surface area contributed by atoms with Gasteiger partial charge in [-0.3, -0.25) is 4.79 Å². The van der Waals surface area contributed by atoms with Crippen molar-refractivity contribution < 1.29 is 4.79 Å². The molecule has 0 radical (unpaired) electrons. The van der Waals surface area contributed by atoms with Crippen LogP contribution in [0, 0.1) is 6.92 Å². The summed E-state index contributed by atoms with van der Waals surface area (Å²) >= 11 is 4.94. The van der Waals surface area contributed by atoms with Gasteiger partial charge in [-0.05, 0) is 49.9 Å². The molecule has 118 valence electrons. The standard InChI is InChI=1S/C17H16BrN3OS/c1-9-16(23-8-19-9)17(22)21-14-4-2-3-11-12-7-10(18)5-6-13(12)20-15(11)14/h5-8,14,20H,2-4H2,1H3,(H,21,22). The third-order valence-electron chi connectivity index (χ3n) is 4.43. The van der Waals surface area contributed by atoms with Crippen molar-refractivity contribution in [3.05, 3.63) is 50.0 Å². The number of fused-ring (bicyclic) bond motifs is 3. The van der Waals surface area contributed by atoms with Gasteiger partial charge in [-0.25, -0.2) is 4.98 Å². The molecule has 6 heteroatoms. The van der Waals surface area contributed by atoms with Crippen molar-refractivity contribution in [1.82, 2.24) is 15.3 Å². The molecule has 1 unspecified atom stereocenters. The molecule has 1 aliphatic carbocycles. The van der Waals surface area contributed by atoms with E-state index in [9.17, 15) is 4.79 Å². The Morgan fingerprint density at radius 1 is 1.48 bits per heavy atom. The molecule has 0 aliphatic heterocycles. The molecule has 0 fully saturated rings. The monoisotopic (exact) mass is 389 g/mol. The number of H-pyrrole nitrogens is 1. The number of hydrogen-bond acceptors (Lipinski definition) is 3. The summed E-state index contributed by atoms with van der Waals surface area (Å²) in [6.45, 7) is 1.87. The molecule has 4 nitrogen and oxygen atoms in total. The molecule has 1 amide bonds. The Bertz CT molecular complexity index is 899. The molecule has 23 heavy (non-hydrogen) atoms. The lowest BCUT2D eigenvalue weighted by atomic mass is 9.91. The number of aromatic amines is 1. The molecule has 1 aromatic carbocycles. The quantitative estimate of drug-likeness (QED) is 0.677. The Hall–Kier alpha value is -1.66. The predicted octanol–water partition coefficient (Wildman–Crippen LogP) is 4.50. The van der Waals surface area contributed by atoms with Gasteiger partial charge in [-0.15, -0.1) is 11.3 Å². The Labute approximate surface area is 146 Å². The van der Waals surface area contributed by atoms with Gasteiger partial charge >= 0.3 is 0 Å². The minimum atomic E-state index is -0.0253. The van der Waals surface area contributed by atoms with Gasteiger partial charge < -0.3 is 10.3 Å². The molecular formula is C17H16BrN3OS. The highest BCUT2D eigenvalue weighted by Gasteiger charge is 2.26. The van der Waals surface area contributed by atoms with E-state index in [1.165, 1.54) is 22.3 Å². The van der Waals surface area contributed by atoms with Crippen LogP contribution in [0.4, 0.5) is 0 Å². The lowest BCUT2D eigenvalue weighted by Crippen LogP contribution is -2.30. The van der Waals surface area contributed by atoms with Crippen LogP contribution in [0.25, 0.3) is 10.9 Å². The largest absolute Gasteiger partial charge is 0.356 e. The van der Waals surface area contributed by atoms with E-state index in [2.05, 4.69) is 43.3 Å². The number of hydrogen-bond donors (Lipinski definition) is 2. The molecule has 2 aromatic heterocycles. The van der Waals surface area contributed by atoms with Crippen LogP contribution in [-0.2, 0) is 6.42 Å². The van der Waals surface area contributed by atoms with E-state index in [0.717, 1.165) is 40.6 Å². The van der Waals surface area contributed by atoms with Crippen molar-refractivity contribution in [3.8, 4) is 0 Å². The average Bonchev–Trinajstić information content (AvgIpc) is 3.11. The number of thiazole rings is 1. The van der Waals surface area contributed by atoms with Crippen molar-refractivity contribution in [2.45, 2.75) is 32.2 Å². The van der Waals surface area contributed by atoms with E-state index >= 15 is 0 Å². The first-order valence-electron chi connectivity index (χ1n) is 7.64. The smallest absolute Gasteiger partial charge is 0.263 e. The van der Waals surface area contributed by atoms with Crippen LogP contribution in [-0.4, -0.2) is 15.9 Å². The highest BCUT2D eigenvalue weighted by atomic mass is 79.9. The lowest BCUT2D eigenvalue weighted by molar-refractivity contribution is 0.0935. The summed E-state index contributed by atoms with van der Waals surface area (Å²) in [5.74, 6) is -0.0253. The number of aryl methyl sites for hydroxylation is 2. The van der Waals surface area contributed by atoms with Gasteiger partial charge in [0.05, 0.1) is 17.2 Å². The summed E-state index contributed by atoms with van der Waals surface area (Å²) in [5, 5.41) is 4.43. The molecule has 2 heterocycles. The molecule has 0 bridgehead atoms. The predicted molar refractivity (Wildman–Crippen MR) is 96.0 cm³/mol. The average molecular weight is 390 g/mol.